The summed E-state index contributed by atoms with van der Waals surface area (Å²) in [4.78, 5) is 41.3. The molecule has 0 saturated heterocycles. The number of aromatic nitrogens is 3. The number of amides is 1. The van der Waals surface area contributed by atoms with Crippen molar-refractivity contribution in [2.45, 2.75) is 20.8 Å². The number of benzene rings is 1. The van der Waals surface area contributed by atoms with Gasteiger partial charge < -0.3 is 24.2 Å². The Morgan fingerprint density at radius 3 is 2.35 bits per heavy atom. The quantitative estimate of drug-likeness (QED) is 0.472. The van der Waals surface area contributed by atoms with E-state index in [4.69, 9.17) is 4.74 Å². The summed E-state index contributed by atoms with van der Waals surface area (Å²) >= 11 is 0. The number of carbonyl (C=O) groups is 1. The van der Waals surface area contributed by atoms with Crippen LogP contribution in [-0.4, -0.2) is 26.6 Å². The van der Waals surface area contributed by atoms with Crippen molar-refractivity contribution in [3.05, 3.63) is 80.0 Å². The molecule has 9 heteroatoms. The fourth-order valence-corrected chi connectivity index (χ4v) is 4.00. The molecule has 176 valence electrons. The average Bonchev–Trinajstić information content (AvgIpc) is 3.22. The lowest BCUT2D eigenvalue weighted by Crippen LogP contribution is -2.23. The molecule has 8 nitrogen and oxygen atoms in total. The molecule has 0 aliphatic heterocycles. The van der Waals surface area contributed by atoms with Crippen molar-refractivity contribution < 1.29 is 13.9 Å². The predicted molar refractivity (Wildman–Crippen MR) is 128 cm³/mol. The van der Waals surface area contributed by atoms with Gasteiger partial charge in [0.1, 0.15) is 22.8 Å². The molecule has 0 saturated carbocycles. The SMILES string of the molecule is CCNC(=O)c1cc2c(-c3ccn(C)c(=O)c3Oc3c(C)cc(F)cc3C)cn(C)c(=O)c2[nH]1. The molecule has 4 rings (SSSR count). The zero-order chi connectivity index (χ0) is 24.7. The number of ether oxygens (including phenoxy) is 1. The Bertz CT molecular complexity index is 1540. The molecule has 3 heterocycles. The highest BCUT2D eigenvalue weighted by molar-refractivity contribution is 6.03. The van der Waals surface area contributed by atoms with Gasteiger partial charge in [0.2, 0.25) is 0 Å². The van der Waals surface area contributed by atoms with Gasteiger partial charge in [0.25, 0.3) is 17.0 Å². The maximum absolute atomic E-state index is 13.8. The maximum Gasteiger partial charge on any atom is 0.293 e. The van der Waals surface area contributed by atoms with E-state index in [0.717, 1.165) is 0 Å². The van der Waals surface area contributed by atoms with Gasteiger partial charge in [-0.2, -0.15) is 0 Å². The predicted octanol–water partition coefficient (Wildman–Crippen LogP) is 3.53. The van der Waals surface area contributed by atoms with Gasteiger partial charge in [-0.3, -0.25) is 14.4 Å². The highest BCUT2D eigenvalue weighted by Crippen LogP contribution is 2.36. The highest BCUT2D eigenvalue weighted by Gasteiger charge is 2.21. The minimum Gasteiger partial charge on any atom is -0.450 e. The molecule has 0 atom stereocenters. The average molecular weight is 464 g/mol. The zero-order valence-corrected chi connectivity index (χ0v) is 19.6. The molecular weight excluding hydrogens is 439 g/mol. The Morgan fingerprint density at radius 2 is 1.71 bits per heavy atom. The second-order valence-corrected chi connectivity index (χ2v) is 8.24. The van der Waals surface area contributed by atoms with Crippen LogP contribution in [-0.2, 0) is 14.1 Å². The number of rotatable bonds is 5. The third kappa shape index (κ3) is 3.89. The number of H-pyrrole nitrogens is 1. The largest absolute Gasteiger partial charge is 0.450 e. The van der Waals surface area contributed by atoms with E-state index >= 15 is 0 Å². The van der Waals surface area contributed by atoms with Crippen LogP contribution >= 0.6 is 0 Å². The Hall–Kier alpha value is -4.14. The van der Waals surface area contributed by atoms with Gasteiger partial charge in [0.05, 0.1) is 0 Å². The van der Waals surface area contributed by atoms with E-state index in [9.17, 15) is 18.8 Å². The Morgan fingerprint density at radius 1 is 1.03 bits per heavy atom. The lowest BCUT2D eigenvalue weighted by atomic mass is 10.0. The summed E-state index contributed by atoms with van der Waals surface area (Å²) in [6, 6.07) is 5.98. The molecule has 0 fully saturated rings. The van der Waals surface area contributed by atoms with Crippen LogP contribution in [0.2, 0.25) is 0 Å². The van der Waals surface area contributed by atoms with Crippen molar-refractivity contribution in [1.82, 2.24) is 19.4 Å². The lowest BCUT2D eigenvalue weighted by Gasteiger charge is -2.16. The lowest BCUT2D eigenvalue weighted by molar-refractivity contribution is 0.0951. The molecular formula is C25H25FN4O4. The fourth-order valence-electron chi connectivity index (χ4n) is 4.00. The van der Waals surface area contributed by atoms with Gasteiger partial charge in [-0.25, -0.2) is 4.39 Å². The summed E-state index contributed by atoms with van der Waals surface area (Å²) in [5, 5.41) is 3.19. The summed E-state index contributed by atoms with van der Waals surface area (Å²) < 4.78 is 22.7. The number of pyridine rings is 2. The summed E-state index contributed by atoms with van der Waals surface area (Å²) in [5.41, 5.74) is 1.82. The third-order valence-corrected chi connectivity index (χ3v) is 5.69. The number of halogens is 1. The minimum absolute atomic E-state index is 0.0310. The van der Waals surface area contributed by atoms with E-state index in [1.54, 1.807) is 59.4 Å². The molecule has 0 bridgehead atoms. The monoisotopic (exact) mass is 464 g/mol. The smallest absolute Gasteiger partial charge is 0.293 e. The van der Waals surface area contributed by atoms with Crippen molar-refractivity contribution in [3.8, 4) is 22.6 Å². The summed E-state index contributed by atoms with van der Waals surface area (Å²) in [7, 11) is 3.19. The number of nitrogens with zero attached hydrogens (tertiary/aromatic N) is 2. The molecule has 1 amide bonds. The molecule has 34 heavy (non-hydrogen) atoms. The molecule has 0 aliphatic carbocycles. The topological polar surface area (TPSA) is 98.1 Å². The molecule has 0 radical (unpaired) electrons. The molecule has 3 aromatic heterocycles. The van der Waals surface area contributed by atoms with Crippen molar-refractivity contribution in [1.29, 1.82) is 0 Å². The van der Waals surface area contributed by atoms with Crippen LogP contribution in [0.3, 0.4) is 0 Å². The first-order valence-corrected chi connectivity index (χ1v) is 10.8. The van der Waals surface area contributed by atoms with Gasteiger partial charge in [-0.15, -0.1) is 0 Å². The van der Waals surface area contributed by atoms with Crippen molar-refractivity contribution in [2.75, 3.05) is 6.54 Å². The standard InChI is InChI=1S/C25H25FN4O4/c1-6-27-23(31)19-11-17-18(12-30(5)24(32)20(17)28-19)16-7-8-29(4)25(33)22(16)34-21-13(2)9-15(26)10-14(21)3/h7-12,28H,6H2,1-5H3,(H,27,31). The first-order chi connectivity index (χ1) is 16.1. The van der Waals surface area contributed by atoms with Crippen molar-refractivity contribution in [2.24, 2.45) is 14.1 Å². The molecule has 0 unspecified atom stereocenters. The van der Waals surface area contributed by atoms with Crippen LogP contribution in [0.4, 0.5) is 4.39 Å². The second-order valence-electron chi connectivity index (χ2n) is 8.24. The van der Waals surface area contributed by atoms with Gasteiger partial charge in [-0.1, -0.05) is 0 Å². The Kier molecular flexibility index (Phi) is 5.87. The van der Waals surface area contributed by atoms with Crippen LogP contribution in [0.15, 0.2) is 46.2 Å². The van der Waals surface area contributed by atoms with Crippen LogP contribution in [0.5, 0.6) is 11.5 Å². The number of aryl methyl sites for hydroxylation is 4. The first kappa shape index (κ1) is 23.0. The molecule has 0 spiro atoms. The van der Waals surface area contributed by atoms with E-state index in [0.29, 0.717) is 39.9 Å². The van der Waals surface area contributed by atoms with Crippen LogP contribution in [0.25, 0.3) is 22.0 Å². The van der Waals surface area contributed by atoms with E-state index in [-0.39, 0.29) is 28.4 Å². The summed E-state index contributed by atoms with van der Waals surface area (Å²) in [5.74, 6) is -0.328. The number of nitrogens with one attached hydrogen (secondary N) is 2. The molecule has 0 aliphatic rings. The fraction of sp³-hybridized carbons (Fsp3) is 0.240. The van der Waals surface area contributed by atoms with Crippen LogP contribution < -0.4 is 21.2 Å². The maximum atomic E-state index is 13.8. The summed E-state index contributed by atoms with van der Waals surface area (Å²) in [6.07, 6.45) is 3.20. The summed E-state index contributed by atoms with van der Waals surface area (Å²) in [6.45, 7) is 5.64. The number of aromatic amines is 1. The molecule has 4 aromatic rings. The number of hydrogen-bond donors (Lipinski definition) is 2. The van der Waals surface area contributed by atoms with E-state index in [1.165, 1.54) is 21.3 Å². The molecule has 1 aromatic carbocycles. The second kappa shape index (κ2) is 8.66. The van der Waals surface area contributed by atoms with Gasteiger partial charge >= 0.3 is 0 Å². The highest BCUT2D eigenvalue weighted by atomic mass is 19.1. The van der Waals surface area contributed by atoms with Gasteiger partial charge in [0, 0.05) is 49.5 Å². The molecule has 2 N–H and O–H groups in total. The van der Waals surface area contributed by atoms with Crippen molar-refractivity contribution in [3.63, 3.8) is 0 Å². The number of hydrogen-bond acceptors (Lipinski definition) is 4. The first-order valence-electron chi connectivity index (χ1n) is 10.8. The van der Waals surface area contributed by atoms with Crippen LogP contribution in [0, 0.1) is 19.7 Å². The normalized spacial score (nSPS) is 11.1. The zero-order valence-electron chi connectivity index (χ0n) is 19.6. The van der Waals surface area contributed by atoms with E-state index < -0.39 is 11.4 Å². The van der Waals surface area contributed by atoms with E-state index in [1.807, 2.05) is 0 Å². The van der Waals surface area contributed by atoms with Crippen LogP contribution in [0.1, 0.15) is 28.5 Å². The Labute approximate surface area is 194 Å². The van der Waals surface area contributed by atoms with Gasteiger partial charge in [0.15, 0.2) is 5.75 Å². The minimum atomic E-state index is -0.401. The Balaban J connectivity index is 1.99. The number of carbonyl (C=O) groups excluding carboxylic acids is 1. The van der Waals surface area contributed by atoms with Crippen molar-refractivity contribution >= 4 is 16.8 Å². The van der Waals surface area contributed by atoms with Gasteiger partial charge in [-0.05, 0) is 56.2 Å². The third-order valence-electron chi connectivity index (χ3n) is 5.69. The van der Waals surface area contributed by atoms with E-state index in [2.05, 4.69) is 10.3 Å². The number of fused-ring (bicyclic) bond motifs is 1.